The van der Waals surface area contributed by atoms with Gasteiger partial charge in [0, 0.05) is 6.42 Å². The lowest BCUT2D eigenvalue weighted by atomic mass is 10.1. The third kappa shape index (κ3) is 0.817. The smallest absolute Gasteiger partial charge is 0.0891 e. The lowest BCUT2D eigenvalue weighted by molar-refractivity contribution is 0.987. The minimum Gasteiger partial charge on any atom is -0.188 e. The van der Waals surface area contributed by atoms with Gasteiger partial charge in [-0.2, -0.15) is 10.2 Å². The largest absolute Gasteiger partial charge is 0.188 e. The highest BCUT2D eigenvalue weighted by Crippen LogP contribution is 2.23. The van der Waals surface area contributed by atoms with Crippen LogP contribution in [0.15, 0.2) is 34.5 Å². The summed E-state index contributed by atoms with van der Waals surface area (Å²) >= 11 is 0. The van der Waals surface area contributed by atoms with E-state index in [1.54, 1.807) is 0 Å². The van der Waals surface area contributed by atoms with Gasteiger partial charge in [-0.3, -0.25) is 0 Å². The van der Waals surface area contributed by atoms with Gasteiger partial charge >= 0.3 is 0 Å². The molecule has 0 saturated carbocycles. The van der Waals surface area contributed by atoms with Crippen molar-refractivity contribution in [2.24, 2.45) is 10.2 Å². The van der Waals surface area contributed by atoms with Crippen LogP contribution in [0.2, 0.25) is 0 Å². The molecular formula is C8H6N2. The lowest BCUT2D eigenvalue weighted by Crippen LogP contribution is -1.90. The van der Waals surface area contributed by atoms with E-state index in [4.69, 9.17) is 0 Å². The Hall–Kier alpha value is -1.18. The molecule has 0 saturated heterocycles. The highest BCUT2D eigenvalue weighted by Gasteiger charge is 2.03. The van der Waals surface area contributed by atoms with Gasteiger partial charge in [-0.15, -0.1) is 0 Å². The summed E-state index contributed by atoms with van der Waals surface area (Å²) in [6.45, 7) is 0.594. The molecule has 0 unspecified atom stereocenters. The maximum Gasteiger partial charge on any atom is 0.0891 e. The molecule has 2 rings (SSSR count). The predicted octanol–water partition coefficient (Wildman–Crippen LogP) is 2.21. The van der Waals surface area contributed by atoms with Gasteiger partial charge in [0.1, 0.15) is 0 Å². The molecule has 2 heteroatoms. The highest BCUT2D eigenvalue weighted by atomic mass is 15.1. The van der Waals surface area contributed by atoms with Crippen molar-refractivity contribution < 1.29 is 0 Å². The van der Waals surface area contributed by atoms with Crippen molar-refractivity contribution in [1.82, 2.24) is 0 Å². The molecule has 2 nitrogen and oxygen atoms in total. The van der Waals surface area contributed by atoms with Gasteiger partial charge in [-0.05, 0) is 11.6 Å². The Morgan fingerprint density at radius 1 is 1.30 bits per heavy atom. The zero-order valence-corrected chi connectivity index (χ0v) is 5.41. The van der Waals surface area contributed by atoms with E-state index in [-0.39, 0.29) is 0 Å². The van der Waals surface area contributed by atoms with Crippen LogP contribution < -0.4 is 0 Å². The van der Waals surface area contributed by atoms with E-state index in [2.05, 4.69) is 16.6 Å². The molecule has 1 heterocycles. The molecule has 0 atom stereocenters. The summed E-state index contributed by atoms with van der Waals surface area (Å²) < 4.78 is 0. The molecule has 1 aromatic rings. The first-order valence-electron chi connectivity index (χ1n) is 3.17. The average Bonchev–Trinajstić information content (AvgIpc) is 2.05. The van der Waals surface area contributed by atoms with Gasteiger partial charge < -0.3 is 0 Å². The van der Waals surface area contributed by atoms with E-state index in [1.807, 2.05) is 24.3 Å². The Bertz CT molecular complexity index is 266. The molecule has 0 aromatic heterocycles. The van der Waals surface area contributed by atoms with Gasteiger partial charge in [-0.1, -0.05) is 18.2 Å². The molecule has 0 fully saturated rings. The third-order valence-corrected chi connectivity index (χ3v) is 1.42. The fourth-order valence-electron chi connectivity index (χ4n) is 0.942. The molecular weight excluding hydrogens is 124 g/mol. The van der Waals surface area contributed by atoms with E-state index >= 15 is 0 Å². The molecule has 48 valence electrons. The van der Waals surface area contributed by atoms with Crippen molar-refractivity contribution >= 4 is 5.69 Å². The Morgan fingerprint density at radius 3 is 3.10 bits per heavy atom. The molecule has 1 aliphatic heterocycles. The normalized spacial score (nSPS) is 14.8. The quantitative estimate of drug-likeness (QED) is 0.514. The van der Waals surface area contributed by atoms with Crippen LogP contribution in [0.5, 0.6) is 0 Å². The van der Waals surface area contributed by atoms with Crippen molar-refractivity contribution in [2.75, 3.05) is 6.54 Å². The Kier molecular flexibility index (Phi) is 1.24. The summed E-state index contributed by atoms with van der Waals surface area (Å²) in [6, 6.07) is 7.86. The standard InChI is InChI=1S/C8H6N2/c1-2-4-8-7(3-1)5-6-9-10-8/h1-4H,6H2. The van der Waals surface area contributed by atoms with E-state index in [9.17, 15) is 0 Å². The van der Waals surface area contributed by atoms with Gasteiger partial charge in [0.05, 0.1) is 12.2 Å². The first-order valence-corrected chi connectivity index (χ1v) is 3.17. The van der Waals surface area contributed by atoms with Gasteiger partial charge in [0.15, 0.2) is 0 Å². The SMILES string of the molecule is [C]1CN=Nc2ccccc21. The summed E-state index contributed by atoms with van der Waals surface area (Å²) in [5, 5.41) is 7.79. The molecule has 0 aliphatic carbocycles. The molecule has 0 bridgehead atoms. The topological polar surface area (TPSA) is 24.7 Å². The summed E-state index contributed by atoms with van der Waals surface area (Å²) in [4.78, 5) is 0. The fourth-order valence-corrected chi connectivity index (χ4v) is 0.942. The van der Waals surface area contributed by atoms with Crippen molar-refractivity contribution in [2.45, 2.75) is 0 Å². The first kappa shape index (κ1) is 5.59. The summed E-state index contributed by atoms with van der Waals surface area (Å²) in [5.74, 6) is 0. The van der Waals surface area contributed by atoms with Crippen LogP contribution in [-0.2, 0) is 0 Å². The summed E-state index contributed by atoms with van der Waals surface area (Å²) in [5.41, 5.74) is 1.99. The van der Waals surface area contributed by atoms with Crippen molar-refractivity contribution in [3.63, 3.8) is 0 Å². The lowest BCUT2D eigenvalue weighted by Gasteiger charge is -2.04. The number of hydrogen-bond donors (Lipinski definition) is 0. The van der Waals surface area contributed by atoms with Crippen LogP contribution in [0, 0.1) is 6.42 Å². The van der Waals surface area contributed by atoms with Gasteiger partial charge in [0.2, 0.25) is 0 Å². The van der Waals surface area contributed by atoms with Crippen LogP contribution in [0.25, 0.3) is 0 Å². The summed E-state index contributed by atoms with van der Waals surface area (Å²) in [7, 11) is 0. The minimum atomic E-state index is 0.594. The monoisotopic (exact) mass is 130 g/mol. The number of azo groups is 1. The number of hydrogen-bond acceptors (Lipinski definition) is 2. The molecule has 1 aromatic carbocycles. The van der Waals surface area contributed by atoms with Crippen LogP contribution in [-0.4, -0.2) is 6.54 Å². The predicted molar refractivity (Wildman–Crippen MR) is 38.2 cm³/mol. The molecule has 0 N–H and O–H groups in total. The van der Waals surface area contributed by atoms with Crippen molar-refractivity contribution in [3.05, 3.63) is 36.2 Å². The van der Waals surface area contributed by atoms with Gasteiger partial charge in [-0.25, -0.2) is 0 Å². The zero-order chi connectivity index (χ0) is 6.81. The van der Waals surface area contributed by atoms with E-state index in [1.165, 1.54) is 0 Å². The van der Waals surface area contributed by atoms with Crippen molar-refractivity contribution in [3.8, 4) is 0 Å². The number of rotatable bonds is 0. The summed E-state index contributed by atoms with van der Waals surface area (Å²) in [6.07, 6.45) is 3.10. The zero-order valence-electron chi connectivity index (χ0n) is 5.41. The average molecular weight is 130 g/mol. The minimum absolute atomic E-state index is 0.594. The maximum atomic E-state index is 3.96. The fraction of sp³-hybridized carbons (Fsp3) is 0.125. The van der Waals surface area contributed by atoms with Crippen LogP contribution >= 0.6 is 0 Å². The molecule has 2 radical (unpaired) electrons. The number of benzene rings is 1. The first-order chi connectivity index (χ1) is 4.97. The van der Waals surface area contributed by atoms with Crippen molar-refractivity contribution in [1.29, 1.82) is 0 Å². The number of fused-ring (bicyclic) bond motifs is 1. The van der Waals surface area contributed by atoms with Crippen LogP contribution in [0.4, 0.5) is 5.69 Å². The second kappa shape index (κ2) is 2.21. The molecule has 1 aliphatic rings. The number of nitrogens with zero attached hydrogens (tertiary/aromatic N) is 2. The Morgan fingerprint density at radius 2 is 2.20 bits per heavy atom. The van der Waals surface area contributed by atoms with E-state index in [0.29, 0.717) is 6.54 Å². The van der Waals surface area contributed by atoms with Gasteiger partial charge in [0.25, 0.3) is 0 Å². The third-order valence-electron chi connectivity index (χ3n) is 1.42. The highest BCUT2D eigenvalue weighted by molar-refractivity contribution is 5.50. The van der Waals surface area contributed by atoms with Crippen LogP contribution in [0.1, 0.15) is 5.56 Å². The molecule has 0 amide bonds. The molecule has 10 heavy (non-hydrogen) atoms. The second-order valence-electron chi connectivity index (χ2n) is 2.09. The van der Waals surface area contributed by atoms with E-state index < -0.39 is 0 Å². The second-order valence-corrected chi connectivity index (χ2v) is 2.09. The van der Waals surface area contributed by atoms with E-state index in [0.717, 1.165) is 11.3 Å². The Labute approximate surface area is 59.6 Å². The maximum absolute atomic E-state index is 3.96. The van der Waals surface area contributed by atoms with Crippen LogP contribution in [0.3, 0.4) is 0 Å². The molecule has 0 spiro atoms. The Balaban J connectivity index is 2.54.